The van der Waals surface area contributed by atoms with Crippen molar-refractivity contribution in [3.63, 3.8) is 0 Å². The molecule has 0 saturated heterocycles. The molecule has 0 bridgehead atoms. The zero-order chi connectivity index (χ0) is 13.0. The fourth-order valence-corrected chi connectivity index (χ4v) is 2.81. The van der Waals surface area contributed by atoms with E-state index < -0.39 is 0 Å². The molecule has 0 spiro atoms. The first-order valence-electron chi connectivity index (χ1n) is 5.50. The van der Waals surface area contributed by atoms with Crippen LogP contribution in [0.4, 0.5) is 0 Å². The molecule has 0 aliphatic heterocycles. The molecule has 0 radical (unpaired) electrons. The van der Waals surface area contributed by atoms with Gasteiger partial charge in [-0.2, -0.15) is 0 Å². The van der Waals surface area contributed by atoms with Gasteiger partial charge in [0.15, 0.2) is 0 Å². The van der Waals surface area contributed by atoms with Gasteiger partial charge < -0.3 is 10.1 Å². The van der Waals surface area contributed by atoms with Crippen molar-refractivity contribution in [3.8, 4) is 5.88 Å². The highest BCUT2D eigenvalue weighted by Gasteiger charge is 2.14. The van der Waals surface area contributed by atoms with Crippen LogP contribution in [0.3, 0.4) is 0 Å². The molecule has 6 heteroatoms. The maximum absolute atomic E-state index is 5.93. The van der Waals surface area contributed by atoms with E-state index in [1.54, 1.807) is 18.4 Å². The number of hydrogen-bond acceptors (Lipinski definition) is 5. The van der Waals surface area contributed by atoms with Crippen LogP contribution in [-0.4, -0.2) is 24.1 Å². The minimum absolute atomic E-state index is 0.122. The minimum Gasteiger partial charge on any atom is -0.481 e. The summed E-state index contributed by atoms with van der Waals surface area (Å²) in [6.07, 6.45) is 2.36. The molecule has 2 rings (SSSR count). The number of methoxy groups -OCH3 is 1. The van der Waals surface area contributed by atoms with Gasteiger partial charge in [0.25, 0.3) is 0 Å². The SMILES string of the molecule is CNC(Cc1ccc(Cl)s1)c1cc(OC)ncn1. The van der Waals surface area contributed by atoms with Crippen molar-refractivity contribution in [3.05, 3.63) is 39.4 Å². The monoisotopic (exact) mass is 283 g/mol. The lowest BCUT2D eigenvalue weighted by Gasteiger charge is -2.14. The molecule has 0 aromatic carbocycles. The van der Waals surface area contributed by atoms with Gasteiger partial charge >= 0.3 is 0 Å². The van der Waals surface area contributed by atoms with Crippen LogP contribution in [-0.2, 0) is 6.42 Å². The van der Waals surface area contributed by atoms with E-state index >= 15 is 0 Å². The van der Waals surface area contributed by atoms with Gasteiger partial charge in [0.05, 0.1) is 23.2 Å². The smallest absolute Gasteiger partial charge is 0.216 e. The third kappa shape index (κ3) is 3.19. The summed E-state index contributed by atoms with van der Waals surface area (Å²) < 4.78 is 5.91. The third-order valence-corrected chi connectivity index (χ3v) is 3.87. The molecule has 0 amide bonds. The number of aromatic nitrogens is 2. The van der Waals surface area contributed by atoms with E-state index in [2.05, 4.69) is 15.3 Å². The number of ether oxygens (including phenoxy) is 1. The Morgan fingerprint density at radius 3 is 2.89 bits per heavy atom. The maximum Gasteiger partial charge on any atom is 0.216 e. The first-order chi connectivity index (χ1) is 8.72. The molecule has 1 atom stereocenters. The van der Waals surface area contributed by atoms with Crippen LogP contribution in [0, 0.1) is 0 Å². The van der Waals surface area contributed by atoms with Gasteiger partial charge in [0, 0.05) is 17.4 Å². The molecule has 1 N–H and O–H groups in total. The van der Waals surface area contributed by atoms with Crippen LogP contribution in [0.15, 0.2) is 24.5 Å². The molecular formula is C12H14ClN3OS. The van der Waals surface area contributed by atoms with E-state index in [-0.39, 0.29) is 6.04 Å². The summed E-state index contributed by atoms with van der Waals surface area (Å²) in [6.45, 7) is 0. The Hall–Kier alpha value is -1.17. The Bertz CT molecular complexity index is 518. The van der Waals surface area contributed by atoms with Crippen molar-refractivity contribution >= 4 is 22.9 Å². The summed E-state index contributed by atoms with van der Waals surface area (Å²) in [4.78, 5) is 9.51. The highest BCUT2D eigenvalue weighted by Crippen LogP contribution is 2.26. The number of hydrogen-bond donors (Lipinski definition) is 1. The third-order valence-electron chi connectivity index (χ3n) is 2.61. The largest absolute Gasteiger partial charge is 0.481 e. The maximum atomic E-state index is 5.93. The molecule has 0 aliphatic carbocycles. The zero-order valence-electron chi connectivity index (χ0n) is 10.2. The average Bonchev–Trinajstić information content (AvgIpc) is 2.81. The van der Waals surface area contributed by atoms with Crippen LogP contribution in [0.25, 0.3) is 0 Å². The van der Waals surface area contributed by atoms with E-state index in [1.165, 1.54) is 11.2 Å². The topological polar surface area (TPSA) is 47.0 Å². The quantitative estimate of drug-likeness (QED) is 0.916. The van der Waals surface area contributed by atoms with Gasteiger partial charge in [-0.3, -0.25) is 0 Å². The highest BCUT2D eigenvalue weighted by atomic mass is 35.5. The Kier molecular flexibility index (Phi) is 4.52. The first kappa shape index (κ1) is 13.3. The van der Waals surface area contributed by atoms with Gasteiger partial charge in [0.1, 0.15) is 6.33 Å². The van der Waals surface area contributed by atoms with E-state index in [0.717, 1.165) is 16.5 Å². The Labute approximate surface area is 115 Å². The lowest BCUT2D eigenvalue weighted by atomic mass is 10.1. The van der Waals surface area contributed by atoms with E-state index in [0.29, 0.717) is 5.88 Å². The van der Waals surface area contributed by atoms with E-state index in [1.807, 2.05) is 25.2 Å². The van der Waals surface area contributed by atoms with Crippen molar-refractivity contribution in [2.24, 2.45) is 0 Å². The van der Waals surface area contributed by atoms with Crippen LogP contribution in [0.2, 0.25) is 4.34 Å². The summed E-state index contributed by atoms with van der Waals surface area (Å²) in [5.41, 5.74) is 0.911. The number of nitrogens with zero attached hydrogens (tertiary/aromatic N) is 2. The molecule has 18 heavy (non-hydrogen) atoms. The number of rotatable bonds is 5. The Balaban J connectivity index is 2.17. The lowest BCUT2D eigenvalue weighted by molar-refractivity contribution is 0.394. The normalized spacial score (nSPS) is 12.4. The van der Waals surface area contributed by atoms with Gasteiger partial charge in [0.2, 0.25) is 5.88 Å². The van der Waals surface area contributed by atoms with Gasteiger partial charge in [-0.1, -0.05) is 11.6 Å². The van der Waals surface area contributed by atoms with Crippen LogP contribution < -0.4 is 10.1 Å². The fraction of sp³-hybridized carbons (Fsp3) is 0.333. The number of likely N-dealkylation sites (N-methyl/N-ethyl adjacent to an activating group) is 1. The standard InChI is InChI=1S/C12H14ClN3OS/c1-14-9(5-8-3-4-11(13)18-8)10-6-12(17-2)16-7-15-10/h3-4,6-7,9,14H,5H2,1-2H3. The number of halogens is 1. The van der Waals surface area contributed by atoms with Gasteiger partial charge in [-0.25, -0.2) is 9.97 Å². The van der Waals surface area contributed by atoms with Crippen molar-refractivity contribution in [1.82, 2.24) is 15.3 Å². The second kappa shape index (κ2) is 6.13. The molecule has 2 aromatic rings. The van der Waals surface area contributed by atoms with Gasteiger partial charge in [-0.15, -0.1) is 11.3 Å². The summed E-state index contributed by atoms with van der Waals surface area (Å²) in [5, 5.41) is 3.25. The van der Waals surface area contributed by atoms with E-state index in [4.69, 9.17) is 16.3 Å². The molecule has 0 aliphatic rings. The number of thiophene rings is 1. The molecule has 0 saturated carbocycles. The van der Waals surface area contributed by atoms with Crippen LogP contribution in [0.5, 0.6) is 5.88 Å². The highest BCUT2D eigenvalue weighted by molar-refractivity contribution is 7.16. The van der Waals surface area contributed by atoms with Crippen molar-refractivity contribution < 1.29 is 4.74 Å². The molecule has 2 aromatic heterocycles. The molecular weight excluding hydrogens is 270 g/mol. The molecule has 2 heterocycles. The Morgan fingerprint density at radius 1 is 1.44 bits per heavy atom. The zero-order valence-corrected chi connectivity index (χ0v) is 11.8. The Morgan fingerprint density at radius 2 is 2.28 bits per heavy atom. The van der Waals surface area contributed by atoms with Crippen LogP contribution >= 0.6 is 22.9 Å². The van der Waals surface area contributed by atoms with Crippen LogP contribution in [0.1, 0.15) is 16.6 Å². The summed E-state index contributed by atoms with van der Waals surface area (Å²) >= 11 is 7.52. The predicted octanol–water partition coefficient (Wildman–Crippen LogP) is 2.70. The molecule has 0 fully saturated rings. The second-order valence-electron chi connectivity index (χ2n) is 3.74. The first-order valence-corrected chi connectivity index (χ1v) is 6.69. The van der Waals surface area contributed by atoms with Crippen molar-refractivity contribution in [2.45, 2.75) is 12.5 Å². The molecule has 4 nitrogen and oxygen atoms in total. The second-order valence-corrected chi connectivity index (χ2v) is 5.54. The lowest BCUT2D eigenvalue weighted by Crippen LogP contribution is -2.19. The van der Waals surface area contributed by atoms with Gasteiger partial charge in [-0.05, 0) is 19.2 Å². The summed E-state index contributed by atoms with van der Waals surface area (Å²) in [6, 6.07) is 5.91. The minimum atomic E-state index is 0.122. The number of nitrogens with one attached hydrogen (secondary N) is 1. The fourth-order valence-electron chi connectivity index (χ4n) is 1.67. The van der Waals surface area contributed by atoms with E-state index in [9.17, 15) is 0 Å². The summed E-state index contributed by atoms with van der Waals surface area (Å²) in [5.74, 6) is 0.574. The van der Waals surface area contributed by atoms with Crippen molar-refractivity contribution in [2.75, 3.05) is 14.2 Å². The molecule has 96 valence electrons. The summed E-state index contributed by atoms with van der Waals surface area (Å²) in [7, 11) is 3.51. The average molecular weight is 284 g/mol. The molecule has 1 unspecified atom stereocenters. The predicted molar refractivity (Wildman–Crippen MR) is 73.4 cm³/mol. The van der Waals surface area contributed by atoms with Crippen molar-refractivity contribution in [1.29, 1.82) is 0 Å².